The summed E-state index contributed by atoms with van der Waals surface area (Å²) in [6.45, 7) is 0. The number of hydrogen-bond donors (Lipinski definition) is 2. The van der Waals surface area contributed by atoms with Crippen molar-refractivity contribution in [1.29, 1.82) is 5.26 Å². The Hall–Kier alpha value is -3.07. The zero-order valence-corrected chi connectivity index (χ0v) is 11.2. The van der Waals surface area contributed by atoms with Crippen molar-refractivity contribution in [2.24, 2.45) is 0 Å². The van der Waals surface area contributed by atoms with Gasteiger partial charge in [-0.25, -0.2) is 4.39 Å². The van der Waals surface area contributed by atoms with Crippen molar-refractivity contribution in [1.82, 2.24) is 0 Å². The number of nitriles is 1. The lowest BCUT2D eigenvalue weighted by atomic mass is 10.1. The molecule has 0 fully saturated rings. The summed E-state index contributed by atoms with van der Waals surface area (Å²) in [7, 11) is 1.47. The van der Waals surface area contributed by atoms with Gasteiger partial charge in [-0.05, 0) is 30.3 Å². The second kappa shape index (κ2) is 5.92. The van der Waals surface area contributed by atoms with E-state index in [0.717, 1.165) is 6.07 Å². The van der Waals surface area contributed by atoms with Crippen LogP contribution in [0.4, 0.5) is 15.8 Å². The average molecular weight is 285 g/mol. The van der Waals surface area contributed by atoms with Crippen LogP contribution in [0.2, 0.25) is 0 Å². The van der Waals surface area contributed by atoms with Gasteiger partial charge in [-0.1, -0.05) is 6.07 Å². The molecule has 1 amide bonds. The Morgan fingerprint density at radius 1 is 1.38 bits per heavy atom. The van der Waals surface area contributed by atoms with E-state index in [1.165, 1.54) is 31.4 Å². The van der Waals surface area contributed by atoms with Crippen molar-refractivity contribution in [3.8, 4) is 11.8 Å². The van der Waals surface area contributed by atoms with Gasteiger partial charge < -0.3 is 15.8 Å². The summed E-state index contributed by atoms with van der Waals surface area (Å²) in [5.74, 6) is -0.731. The normalized spacial score (nSPS) is 9.76. The van der Waals surface area contributed by atoms with Crippen LogP contribution in [0, 0.1) is 17.1 Å². The van der Waals surface area contributed by atoms with Crippen LogP contribution < -0.4 is 15.8 Å². The van der Waals surface area contributed by atoms with Gasteiger partial charge in [0, 0.05) is 5.56 Å². The van der Waals surface area contributed by atoms with Crippen LogP contribution in [-0.4, -0.2) is 13.0 Å². The first-order chi connectivity index (χ1) is 10.1. The number of anilines is 2. The standard InChI is InChI=1S/C15H12FN3O2/c1-21-14-6-5-9(7-12(14)18)15(20)19-13-4-2-3-11(16)10(13)8-17/h2-7H,18H2,1H3,(H,19,20). The first kappa shape index (κ1) is 14.3. The Bertz CT molecular complexity index is 738. The lowest BCUT2D eigenvalue weighted by Gasteiger charge is -2.09. The van der Waals surface area contributed by atoms with Gasteiger partial charge >= 0.3 is 0 Å². The van der Waals surface area contributed by atoms with E-state index in [0.29, 0.717) is 11.4 Å². The van der Waals surface area contributed by atoms with Crippen LogP contribution in [0.5, 0.6) is 5.75 Å². The van der Waals surface area contributed by atoms with Gasteiger partial charge in [-0.15, -0.1) is 0 Å². The Kier molecular flexibility index (Phi) is 4.05. The fourth-order valence-electron chi connectivity index (χ4n) is 1.81. The zero-order valence-electron chi connectivity index (χ0n) is 11.2. The molecule has 0 saturated heterocycles. The number of nitrogens with one attached hydrogen (secondary N) is 1. The second-order valence-electron chi connectivity index (χ2n) is 4.19. The van der Waals surface area contributed by atoms with Gasteiger partial charge in [0.05, 0.1) is 18.5 Å². The number of carbonyl (C=O) groups excluding carboxylic acids is 1. The number of hydrogen-bond acceptors (Lipinski definition) is 4. The topological polar surface area (TPSA) is 88.1 Å². The summed E-state index contributed by atoms with van der Waals surface area (Å²) in [5, 5.41) is 11.4. The number of methoxy groups -OCH3 is 1. The Morgan fingerprint density at radius 2 is 2.14 bits per heavy atom. The molecule has 0 aliphatic heterocycles. The minimum Gasteiger partial charge on any atom is -0.495 e. The monoisotopic (exact) mass is 285 g/mol. The van der Waals surface area contributed by atoms with Gasteiger partial charge in [0.2, 0.25) is 0 Å². The summed E-state index contributed by atoms with van der Waals surface area (Å²) < 4.78 is 18.5. The highest BCUT2D eigenvalue weighted by Crippen LogP contribution is 2.23. The number of carbonyl (C=O) groups is 1. The van der Waals surface area contributed by atoms with Crippen molar-refractivity contribution in [3.63, 3.8) is 0 Å². The summed E-state index contributed by atoms with van der Waals surface area (Å²) in [6.07, 6.45) is 0. The smallest absolute Gasteiger partial charge is 0.255 e. The molecule has 0 aliphatic rings. The summed E-state index contributed by atoms with van der Waals surface area (Å²) in [4.78, 5) is 12.1. The van der Waals surface area contributed by atoms with E-state index in [2.05, 4.69) is 5.32 Å². The van der Waals surface area contributed by atoms with Crippen LogP contribution in [0.1, 0.15) is 15.9 Å². The van der Waals surface area contributed by atoms with Crippen LogP contribution >= 0.6 is 0 Å². The van der Waals surface area contributed by atoms with Gasteiger partial charge in [0.15, 0.2) is 0 Å². The molecule has 106 valence electrons. The Balaban J connectivity index is 2.29. The molecule has 0 bridgehead atoms. The van der Waals surface area contributed by atoms with E-state index in [4.69, 9.17) is 15.7 Å². The van der Waals surface area contributed by atoms with Gasteiger partial charge in [-0.2, -0.15) is 5.26 Å². The average Bonchev–Trinajstić information content (AvgIpc) is 2.47. The van der Waals surface area contributed by atoms with E-state index in [1.807, 2.05) is 0 Å². The van der Waals surface area contributed by atoms with Crippen LogP contribution in [-0.2, 0) is 0 Å². The molecule has 21 heavy (non-hydrogen) atoms. The molecule has 5 nitrogen and oxygen atoms in total. The zero-order chi connectivity index (χ0) is 15.4. The number of amides is 1. The number of rotatable bonds is 3. The number of halogens is 1. The SMILES string of the molecule is COc1ccc(C(=O)Nc2cccc(F)c2C#N)cc1N. The minimum absolute atomic E-state index is 0.108. The second-order valence-corrected chi connectivity index (χ2v) is 4.19. The highest BCUT2D eigenvalue weighted by atomic mass is 19.1. The summed E-state index contributed by atoms with van der Waals surface area (Å²) >= 11 is 0. The molecule has 2 aromatic carbocycles. The highest BCUT2D eigenvalue weighted by Gasteiger charge is 2.13. The van der Waals surface area contributed by atoms with E-state index in [9.17, 15) is 9.18 Å². The number of nitrogens with two attached hydrogens (primary N) is 1. The molecule has 0 radical (unpaired) electrons. The molecule has 2 rings (SSSR count). The van der Waals surface area contributed by atoms with E-state index < -0.39 is 11.7 Å². The molecule has 0 heterocycles. The van der Waals surface area contributed by atoms with Gasteiger partial charge in [-0.3, -0.25) is 4.79 Å². The molecule has 0 atom stereocenters. The molecular formula is C15H12FN3O2. The summed E-state index contributed by atoms with van der Waals surface area (Å²) in [5.41, 5.74) is 6.21. The van der Waals surface area contributed by atoms with E-state index in [1.54, 1.807) is 12.1 Å². The summed E-state index contributed by atoms with van der Waals surface area (Å²) in [6, 6.07) is 10.3. The third-order valence-corrected chi connectivity index (χ3v) is 2.87. The lowest BCUT2D eigenvalue weighted by Crippen LogP contribution is -2.13. The van der Waals surface area contributed by atoms with Crippen molar-refractivity contribution in [3.05, 3.63) is 53.3 Å². The third kappa shape index (κ3) is 2.92. The first-order valence-electron chi connectivity index (χ1n) is 6.00. The van der Waals surface area contributed by atoms with Gasteiger partial charge in [0.25, 0.3) is 5.91 Å². The maximum Gasteiger partial charge on any atom is 0.255 e. The number of nitrogen functional groups attached to an aromatic ring is 1. The predicted octanol–water partition coefficient (Wildman–Crippen LogP) is 2.54. The number of benzene rings is 2. The lowest BCUT2D eigenvalue weighted by molar-refractivity contribution is 0.102. The molecule has 0 aromatic heterocycles. The van der Waals surface area contributed by atoms with Crippen molar-refractivity contribution in [2.75, 3.05) is 18.2 Å². The fraction of sp³-hybridized carbons (Fsp3) is 0.0667. The van der Waals surface area contributed by atoms with Crippen LogP contribution in [0.15, 0.2) is 36.4 Å². The maximum absolute atomic E-state index is 13.5. The highest BCUT2D eigenvalue weighted by molar-refractivity contribution is 6.05. The van der Waals surface area contributed by atoms with Crippen molar-refractivity contribution >= 4 is 17.3 Å². The Morgan fingerprint density at radius 3 is 2.76 bits per heavy atom. The molecule has 0 unspecified atom stereocenters. The molecular weight excluding hydrogens is 273 g/mol. The molecule has 0 saturated carbocycles. The first-order valence-corrected chi connectivity index (χ1v) is 6.00. The largest absolute Gasteiger partial charge is 0.495 e. The predicted molar refractivity (Wildman–Crippen MR) is 76.5 cm³/mol. The molecule has 0 spiro atoms. The minimum atomic E-state index is -0.690. The van der Waals surface area contributed by atoms with E-state index in [-0.39, 0.29) is 16.8 Å². The van der Waals surface area contributed by atoms with Crippen molar-refractivity contribution in [2.45, 2.75) is 0 Å². The maximum atomic E-state index is 13.5. The van der Waals surface area contributed by atoms with Gasteiger partial charge in [0.1, 0.15) is 23.2 Å². The molecule has 3 N–H and O–H groups in total. The Labute approximate surface area is 120 Å². The quantitative estimate of drug-likeness (QED) is 0.848. The molecule has 6 heteroatoms. The number of nitrogens with zero attached hydrogens (tertiary/aromatic N) is 1. The third-order valence-electron chi connectivity index (χ3n) is 2.87. The molecule has 2 aromatic rings. The van der Waals surface area contributed by atoms with Crippen LogP contribution in [0.25, 0.3) is 0 Å². The van der Waals surface area contributed by atoms with Crippen LogP contribution in [0.3, 0.4) is 0 Å². The number of ether oxygens (including phenoxy) is 1. The fourth-order valence-corrected chi connectivity index (χ4v) is 1.81. The van der Waals surface area contributed by atoms with E-state index >= 15 is 0 Å². The van der Waals surface area contributed by atoms with Crippen molar-refractivity contribution < 1.29 is 13.9 Å². The molecule has 0 aliphatic carbocycles.